The highest BCUT2D eigenvalue weighted by Gasteiger charge is 2.94. The molecule has 0 N–H and O–H groups in total. The van der Waals surface area contributed by atoms with Crippen molar-refractivity contribution in [3.8, 4) is 0 Å². The molecule has 7 fully saturated rings. The van der Waals surface area contributed by atoms with Crippen molar-refractivity contribution in [3.63, 3.8) is 0 Å². The van der Waals surface area contributed by atoms with Gasteiger partial charge in [0.2, 0.25) is 5.91 Å². The average Bonchev–Trinajstić information content (AvgIpc) is 3.43. The van der Waals surface area contributed by atoms with E-state index in [1.54, 1.807) is 14.2 Å². The number of hydrogen-bond acceptors (Lipinski definition) is 7. The second kappa shape index (κ2) is 6.75. The van der Waals surface area contributed by atoms with Gasteiger partial charge in [0, 0.05) is 64.6 Å². The van der Waals surface area contributed by atoms with Crippen LogP contribution >= 0.6 is 0 Å². The van der Waals surface area contributed by atoms with Gasteiger partial charge >= 0.3 is 0 Å². The van der Waals surface area contributed by atoms with Crippen molar-refractivity contribution >= 4 is 5.91 Å². The molecule has 5 aliphatic carbocycles. The van der Waals surface area contributed by atoms with Crippen molar-refractivity contribution in [2.45, 2.75) is 81.2 Å². The van der Waals surface area contributed by atoms with Gasteiger partial charge in [-0.15, -0.1) is 0 Å². The third kappa shape index (κ3) is 1.88. The van der Waals surface area contributed by atoms with Crippen LogP contribution < -0.4 is 0 Å². The van der Waals surface area contributed by atoms with E-state index in [2.05, 4.69) is 18.7 Å². The zero-order valence-corrected chi connectivity index (χ0v) is 21.2. The number of ether oxygens (including phenoxy) is 6. The molecule has 0 unspecified atom stereocenters. The highest BCUT2D eigenvalue weighted by atomic mass is 16.7. The number of likely N-dealkylation sites (tertiary alicyclic amines) is 1. The van der Waals surface area contributed by atoms with E-state index in [-0.39, 0.29) is 66.3 Å². The molecular weight excluding hydrogens is 438 g/mol. The SMILES string of the molecule is CCN1C(=O)[C@]2(C)CC[C@H](OC)[C@@]34[C@@H]5C[C@H]6[C@H](OC)[C@@H]5[C@@]5(C[C@@H]6OC)OCO[C@@]5([C@@H](OC)[C@@H]32)[C@@H]14. The van der Waals surface area contributed by atoms with Crippen LogP contribution in [0.2, 0.25) is 0 Å². The zero-order chi connectivity index (χ0) is 23.8. The van der Waals surface area contributed by atoms with E-state index in [4.69, 9.17) is 28.4 Å². The summed E-state index contributed by atoms with van der Waals surface area (Å²) in [5.74, 6) is 0.984. The number of nitrogens with zero attached hydrogens (tertiary/aromatic N) is 1. The lowest BCUT2D eigenvalue weighted by Crippen LogP contribution is -2.81. The molecule has 0 aromatic carbocycles. The predicted octanol–water partition coefficient (Wildman–Crippen LogP) is 1.84. The summed E-state index contributed by atoms with van der Waals surface area (Å²) in [6, 6.07) is -0.151. The largest absolute Gasteiger partial charge is 0.381 e. The molecule has 190 valence electrons. The summed E-state index contributed by atoms with van der Waals surface area (Å²) in [5, 5.41) is 0. The average molecular weight is 478 g/mol. The van der Waals surface area contributed by atoms with Crippen LogP contribution in [0.5, 0.6) is 0 Å². The minimum absolute atomic E-state index is 0.00965. The molecule has 0 aromatic rings. The van der Waals surface area contributed by atoms with Crippen LogP contribution in [0.15, 0.2) is 0 Å². The Balaban J connectivity index is 1.59. The first-order chi connectivity index (χ1) is 16.4. The van der Waals surface area contributed by atoms with Crippen molar-refractivity contribution in [2.24, 2.45) is 34.5 Å². The second-order valence-corrected chi connectivity index (χ2v) is 12.1. The molecule has 5 saturated carbocycles. The number of carbonyl (C=O) groups excluding carboxylic acids is 1. The van der Waals surface area contributed by atoms with Crippen LogP contribution in [-0.4, -0.2) is 94.2 Å². The lowest BCUT2D eigenvalue weighted by atomic mass is 9.42. The summed E-state index contributed by atoms with van der Waals surface area (Å²) in [6.07, 6.45) is 3.22. The topological polar surface area (TPSA) is 75.7 Å². The van der Waals surface area contributed by atoms with E-state index in [9.17, 15) is 4.79 Å². The Labute approximate surface area is 201 Å². The number of carbonyl (C=O) groups is 1. The Morgan fingerprint density at radius 3 is 2.53 bits per heavy atom. The smallest absolute Gasteiger partial charge is 0.229 e. The van der Waals surface area contributed by atoms with Gasteiger partial charge in [-0.1, -0.05) is 6.92 Å². The van der Waals surface area contributed by atoms with E-state index in [1.165, 1.54) is 0 Å². The van der Waals surface area contributed by atoms with E-state index >= 15 is 0 Å². The summed E-state index contributed by atoms with van der Waals surface area (Å²) < 4.78 is 39.0. The molecule has 8 nitrogen and oxygen atoms in total. The molecule has 34 heavy (non-hydrogen) atoms. The summed E-state index contributed by atoms with van der Waals surface area (Å²) in [7, 11) is 7.28. The molecule has 8 heteroatoms. The van der Waals surface area contributed by atoms with Gasteiger partial charge in [0.1, 0.15) is 18.0 Å². The lowest BCUT2D eigenvalue weighted by molar-refractivity contribution is -0.276. The Morgan fingerprint density at radius 2 is 1.88 bits per heavy atom. The van der Waals surface area contributed by atoms with Crippen molar-refractivity contribution in [1.82, 2.24) is 4.90 Å². The van der Waals surface area contributed by atoms with Crippen molar-refractivity contribution in [1.29, 1.82) is 0 Å². The minimum Gasteiger partial charge on any atom is -0.381 e. The number of hydrogen-bond donors (Lipinski definition) is 0. The van der Waals surface area contributed by atoms with Gasteiger partial charge in [-0.05, 0) is 32.1 Å². The molecule has 2 heterocycles. The molecule has 13 atom stereocenters. The first kappa shape index (κ1) is 22.4. The molecular formula is C26H39NO7. The predicted molar refractivity (Wildman–Crippen MR) is 120 cm³/mol. The fourth-order valence-electron chi connectivity index (χ4n) is 11.5. The third-order valence-corrected chi connectivity index (χ3v) is 12.0. The first-order valence-electron chi connectivity index (χ1n) is 13.1. The van der Waals surface area contributed by atoms with Gasteiger partial charge in [0.25, 0.3) is 0 Å². The number of fused-ring (bicyclic) bond motifs is 1. The van der Waals surface area contributed by atoms with E-state index in [1.807, 2.05) is 14.2 Å². The normalized spacial score (nSPS) is 60.6. The molecule has 7 aliphatic rings. The first-order valence-corrected chi connectivity index (χ1v) is 13.1. The number of piperidine rings is 1. The van der Waals surface area contributed by atoms with Crippen molar-refractivity contribution < 1.29 is 33.2 Å². The highest BCUT2D eigenvalue weighted by Crippen LogP contribution is 2.82. The van der Waals surface area contributed by atoms with Crippen LogP contribution in [-0.2, 0) is 33.2 Å². The standard InChI is InChI=1S/C26H39NO7/c1-7-27-21-25-14-10-13-15(29-3)11-24(17(14)18(13)31-5)26(21,34-12-33-24)20(32-6)19(25)23(2,22(27)28)9-8-16(25)30-4/h13-21H,7-12H2,1-6H3/t13-,14-,15+,16+,17-,18+,19-,20+,21+,23-,24-,25+,26+/m1/s1. The number of rotatable bonds is 5. The van der Waals surface area contributed by atoms with Crippen LogP contribution in [0.4, 0.5) is 0 Å². The third-order valence-electron chi connectivity index (χ3n) is 12.0. The Bertz CT molecular complexity index is 916. The summed E-state index contributed by atoms with van der Waals surface area (Å²) in [5.41, 5.74) is -2.20. The van der Waals surface area contributed by atoms with E-state index in [0.717, 1.165) is 25.7 Å². The fraction of sp³-hybridized carbons (Fsp3) is 0.962. The van der Waals surface area contributed by atoms with Crippen LogP contribution in [0.3, 0.4) is 0 Å². The molecule has 3 spiro atoms. The van der Waals surface area contributed by atoms with Crippen molar-refractivity contribution in [3.05, 3.63) is 0 Å². The summed E-state index contributed by atoms with van der Waals surface area (Å²) in [4.78, 5) is 16.4. The number of methoxy groups -OCH3 is 4. The summed E-state index contributed by atoms with van der Waals surface area (Å²) in [6.45, 7) is 5.14. The highest BCUT2D eigenvalue weighted by molar-refractivity contribution is 5.86. The van der Waals surface area contributed by atoms with E-state index < -0.39 is 16.6 Å². The molecule has 2 saturated heterocycles. The van der Waals surface area contributed by atoms with Gasteiger partial charge < -0.3 is 33.3 Å². The van der Waals surface area contributed by atoms with Crippen molar-refractivity contribution in [2.75, 3.05) is 41.8 Å². The molecule has 0 aromatic heterocycles. The molecule has 7 bridgehead atoms. The zero-order valence-electron chi connectivity index (χ0n) is 21.2. The quantitative estimate of drug-likeness (QED) is 0.598. The molecule has 0 radical (unpaired) electrons. The van der Waals surface area contributed by atoms with E-state index in [0.29, 0.717) is 12.5 Å². The molecule has 7 rings (SSSR count). The monoisotopic (exact) mass is 477 g/mol. The number of amides is 1. The Kier molecular flexibility index (Phi) is 4.45. The maximum absolute atomic E-state index is 14.2. The van der Waals surface area contributed by atoms with Gasteiger partial charge in [-0.3, -0.25) is 4.79 Å². The molecule has 2 aliphatic heterocycles. The maximum atomic E-state index is 14.2. The van der Waals surface area contributed by atoms with Gasteiger partial charge in [-0.2, -0.15) is 0 Å². The summed E-state index contributed by atoms with van der Waals surface area (Å²) >= 11 is 0. The Hall–Kier alpha value is -0.770. The van der Waals surface area contributed by atoms with Gasteiger partial charge in [0.15, 0.2) is 0 Å². The second-order valence-electron chi connectivity index (χ2n) is 12.1. The molecule has 1 amide bonds. The number of likely N-dealkylation sites (N-methyl/N-ethyl adjacent to an activating group) is 1. The van der Waals surface area contributed by atoms with Crippen LogP contribution in [0.1, 0.15) is 39.5 Å². The minimum atomic E-state index is -0.777. The maximum Gasteiger partial charge on any atom is 0.229 e. The fourth-order valence-corrected chi connectivity index (χ4v) is 11.5. The lowest BCUT2D eigenvalue weighted by Gasteiger charge is -2.69. The van der Waals surface area contributed by atoms with Gasteiger partial charge in [0.05, 0.1) is 35.9 Å². The van der Waals surface area contributed by atoms with Gasteiger partial charge in [-0.25, -0.2) is 0 Å². The van der Waals surface area contributed by atoms with Crippen LogP contribution in [0, 0.1) is 34.5 Å². The Morgan fingerprint density at radius 1 is 1.09 bits per heavy atom. The van der Waals surface area contributed by atoms with Crippen LogP contribution in [0.25, 0.3) is 0 Å².